The van der Waals surface area contributed by atoms with E-state index in [-0.39, 0.29) is 17.3 Å². The van der Waals surface area contributed by atoms with Crippen molar-refractivity contribution in [2.45, 2.75) is 25.4 Å². The Morgan fingerprint density at radius 2 is 2.16 bits per heavy atom. The zero-order valence-electron chi connectivity index (χ0n) is 10.5. The zero-order chi connectivity index (χ0) is 14.0. The molecule has 0 aliphatic heterocycles. The number of aromatic nitrogens is 2. The molecule has 0 aliphatic carbocycles. The van der Waals surface area contributed by atoms with Gasteiger partial charge in [0.2, 0.25) is 0 Å². The Kier molecular flexibility index (Phi) is 3.54. The highest BCUT2D eigenvalue weighted by Crippen LogP contribution is 2.16. The Balaban J connectivity index is 2.22. The molecule has 0 radical (unpaired) electrons. The summed E-state index contributed by atoms with van der Waals surface area (Å²) in [6.07, 6.45) is 1.38. The molecule has 7 nitrogen and oxygen atoms in total. The molecule has 0 atom stereocenters. The van der Waals surface area contributed by atoms with E-state index in [1.165, 1.54) is 12.3 Å². The number of nitrogen functional groups attached to an aromatic ring is 1. The third kappa shape index (κ3) is 2.74. The summed E-state index contributed by atoms with van der Waals surface area (Å²) in [6, 6.07) is 3.06. The topological polar surface area (TPSA) is 111 Å². The van der Waals surface area contributed by atoms with E-state index in [2.05, 4.69) is 14.9 Å². The molecule has 2 aromatic heterocycles. The first-order chi connectivity index (χ1) is 8.92. The minimum atomic E-state index is -3.76. The Morgan fingerprint density at radius 1 is 1.42 bits per heavy atom. The zero-order valence-corrected chi connectivity index (χ0v) is 11.4. The fourth-order valence-corrected chi connectivity index (χ4v) is 2.67. The Bertz CT molecular complexity index is 674. The van der Waals surface area contributed by atoms with E-state index in [9.17, 15) is 8.42 Å². The van der Waals surface area contributed by atoms with Crippen LogP contribution in [0.5, 0.6) is 0 Å². The summed E-state index contributed by atoms with van der Waals surface area (Å²) in [5.41, 5.74) is 7.06. The molecular formula is C11H14N4O3S. The van der Waals surface area contributed by atoms with E-state index in [1.54, 1.807) is 19.9 Å². The second kappa shape index (κ2) is 4.98. The van der Waals surface area contributed by atoms with Crippen LogP contribution in [-0.4, -0.2) is 18.6 Å². The Labute approximate surface area is 110 Å². The smallest absolute Gasteiger partial charge is 0.260 e. The summed E-state index contributed by atoms with van der Waals surface area (Å²) in [5.74, 6) is 0.578. The number of pyridine rings is 1. The number of rotatable bonds is 4. The van der Waals surface area contributed by atoms with E-state index in [0.717, 1.165) is 0 Å². The van der Waals surface area contributed by atoms with Gasteiger partial charge in [0, 0.05) is 18.3 Å². The lowest BCUT2D eigenvalue weighted by Crippen LogP contribution is -2.25. The van der Waals surface area contributed by atoms with Crippen LogP contribution < -0.4 is 10.5 Å². The van der Waals surface area contributed by atoms with Crippen molar-refractivity contribution >= 4 is 15.7 Å². The number of aryl methyl sites for hydroxylation is 2. The third-order valence-electron chi connectivity index (χ3n) is 2.68. The molecule has 8 heteroatoms. The van der Waals surface area contributed by atoms with Crippen LogP contribution in [0.3, 0.4) is 0 Å². The summed E-state index contributed by atoms with van der Waals surface area (Å²) in [4.78, 5) is 3.78. The molecule has 0 amide bonds. The number of nitrogens with two attached hydrogens (primary N) is 1. The van der Waals surface area contributed by atoms with Gasteiger partial charge in [0.05, 0.1) is 11.4 Å². The van der Waals surface area contributed by atoms with E-state index < -0.39 is 10.0 Å². The van der Waals surface area contributed by atoms with E-state index in [0.29, 0.717) is 17.0 Å². The second-order valence-corrected chi connectivity index (χ2v) is 5.71. The number of nitrogens with one attached hydrogen (secondary N) is 1. The first kappa shape index (κ1) is 13.5. The third-order valence-corrected chi connectivity index (χ3v) is 4.05. The van der Waals surface area contributed by atoms with Gasteiger partial charge in [0.25, 0.3) is 10.0 Å². The molecule has 0 aliphatic rings. The summed E-state index contributed by atoms with van der Waals surface area (Å²) >= 11 is 0. The molecule has 2 aromatic rings. The number of hydrogen-bond donors (Lipinski definition) is 2. The number of anilines is 1. The Hall–Kier alpha value is -1.93. The molecule has 0 aromatic carbocycles. The molecule has 0 saturated heterocycles. The SMILES string of the molecule is Cc1noc(C)c1CNS(=O)(=O)c1ncccc1N. The van der Waals surface area contributed by atoms with E-state index in [4.69, 9.17) is 10.3 Å². The average molecular weight is 282 g/mol. The van der Waals surface area contributed by atoms with Gasteiger partial charge in [0.1, 0.15) is 5.76 Å². The summed E-state index contributed by atoms with van der Waals surface area (Å²) in [5, 5.41) is 3.58. The summed E-state index contributed by atoms with van der Waals surface area (Å²) < 4.78 is 31.5. The maximum atomic E-state index is 12.1. The lowest BCUT2D eigenvalue weighted by atomic mass is 10.2. The summed E-state index contributed by atoms with van der Waals surface area (Å²) in [6.45, 7) is 3.55. The van der Waals surface area contributed by atoms with Gasteiger partial charge in [-0.3, -0.25) is 0 Å². The molecule has 2 heterocycles. The monoisotopic (exact) mass is 282 g/mol. The molecule has 102 valence electrons. The molecule has 0 fully saturated rings. The molecule has 19 heavy (non-hydrogen) atoms. The molecule has 2 rings (SSSR count). The van der Waals surface area contributed by atoms with E-state index in [1.807, 2.05) is 0 Å². The highest BCUT2D eigenvalue weighted by Gasteiger charge is 2.20. The summed E-state index contributed by atoms with van der Waals surface area (Å²) in [7, 11) is -3.76. The van der Waals surface area contributed by atoms with Crippen molar-refractivity contribution < 1.29 is 12.9 Å². The van der Waals surface area contributed by atoms with Crippen molar-refractivity contribution in [1.82, 2.24) is 14.9 Å². The fraction of sp³-hybridized carbons (Fsp3) is 0.273. The average Bonchev–Trinajstić information content (AvgIpc) is 2.67. The van der Waals surface area contributed by atoms with Crippen molar-refractivity contribution in [3.05, 3.63) is 35.3 Å². The highest BCUT2D eigenvalue weighted by molar-refractivity contribution is 7.89. The number of sulfonamides is 1. The normalized spacial score (nSPS) is 11.7. The van der Waals surface area contributed by atoms with Crippen LogP contribution >= 0.6 is 0 Å². The molecular weight excluding hydrogens is 268 g/mol. The van der Waals surface area contributed by atoms with Crippen LogP contribution in [0.4, 0.5) is 5.69 Å². The minimum Gasteiger partial charge on any atom is -0.396 e. The van der Waals surface area contributed by atoms with Gasteiger partial charge >= 0.3 is 0 Å². The first-order valence-corrected chi connectivity index (χ1v) is 7.02. The van der Waals surface area contributed by atoms with Crippen molar-refractivity contribution in [2.24, 2.45) is 0 Å². The molecule has 0 bridgehead atoms. The van der Waals surface area contributed by atoms with Crippen LogP contribution in [0, 0.1) is 13.8 Å². The Morgan fingerprint density at radius 3 is 2.74 bits per heavy atom. The van der Waals surface area contributed by atoms with Gasteiger partial charge in [-0.15, -0.1) is 0 Å². The standard InChI is InChI=1S/C11H14N4O3S/c1-7-9(8(2)18-15-7)6-14-19(16,17)11-10(12)4-3-5-13-11/h3-5,14H,6,12H2,1-2H3. The number of nitrogens with zero attached hydrogens (tertiary/aromatic N) is 2. The fourth-order valence-electron chi connectivity index (χ4n) is 1.62. The van der Waals surface area contributed by atoms with Crippen molar-refractivity contribution in [2.75, 3.05) is 5.73 Å². The van der Waals surface area contributed by atoms with Crippen LogP contribution in [-0.2, 0) is 16.6 Å². The van der Waals surface area contributed by atoms with Crippen molar-refractivity contribution in [1.29, 1.82) is 0 Å². The first-order valence-electron chi connectivity index (χ1n) is 5.53. The van der Waals surface area contributed by atoms with E-state index >= 15 is 0 Å². The minimum absolute atomic E-state index is 0.0829. The van der Waals surface area contributed by atoms with Crippen LogP contribution in [0.15, 0.2) is 27.9 Å². The molecule has 3 N–H and O–H groups in total. The van der Waals surface area contributed by atoms with Gasteiger partial charge < -0.3 is 10.3 Å². The number of hydrogen-bond acceptors (Lipinski definition) is 6. The van der Waals surface area contributed by atoms with Gasteiger partial charge in [0.15, 0.2) is 5.03 Å². The molecule has 0 unspecified atom stereocenters. The largest absolute Gasteiger partial charge is 0.396 e. The maximum Gasteiger partial charge on any atom is 0.260 e. The maximum absolute atomic E-state index is 12.1. The van der Waals surface area contributed by atoms with Gasteiger partial charge in [-0.1, -0.05) is 5.16 Å². The van der Waals surface area contributed by atoms with Crippen LogP contribution in [0.1, 0.15) is 17.0 Å². The van der Waals surface area contributed by atoms with Gasteiger partial charge in [-0.25, -0.2) is 18.1 Å². The van der Waals surface area contributed by atoms with Crippen LogP contribution in [0.2, 0.25) is 0 Å². The predicted molar refractivity (Wildman–Crippen MR) is 68.7 cm³/mol. The van der Waals surface area contributed by atoms with Crippen LogP contribution in [0.25, 0.3) is 0 Å². The molecule has 0 saturated carbocycles. The lowest BCUT2D eigenvalue weighted by molar-refractivity contribution is 0.392. The van der Waals surface area contributed by atoms with Gasteiger partial charge in [-0.2, -0.15) is 0 Å². The van der Waals surface area contributed by atoms with Crippen molar-refractivity contribution in [3.8, 4) is 0 Å². The molecule has 0 spiro atoms. The second-order valence-electron chi connectivity index (χ2n) is 4.03. The van der Waals surface area contributed by atoms with Gasteiger partial charge in [-0.05, 0) is 26.0 Å². The lowest BCUT2D eigenvalue weighted by Gasteiger charge is -2.07. The predicted octanol–water partition coefficient (Wildman–Crippen LogP) is 0.747. The quantitative estimate of drug-likeness (QED) is 0.855. The van der Waals surface area contributed by atoms with Crippen molar-refractivity contribution in [3.63, 3.8) is 0 Å². The highest BCUT2D eigenvalue weighted by atomic mass is 32.2.